The summed E-state index contributed by atoms with van der Waals surface area (Å²) >= 11 is 0. The number of hydrogen-bond acceptors (Lipinski definition) is 8. The summed E-state index contributed by atoms with van der Waals surface area (Å²) in [5, 5.41) is 12.8. The summed E-state index contributed by atoms with van der Waals surface area (Å²) in [6.07, 6.45) is 4.84. The molecule has 0 radical (unpaired) electrons. The van der Waals surface area contributed by atoms with Gasteiger partial charge in [0.05, 0.1) is 17.7 Å². The van der Waals surface area contributed by atoms with Crippen molar-refractivity contribution in [1.29, 1.82) is 5.26 Å². The third-order valence-corrected chi connectivity index (χ3v) is 6.85. The molecule has 0 saturated carbocycles. The van der Waals surface area contributed by atoms with Gasteiger partial charge in [-0.1, -0.05) is 12.1 Å². The Kier molecular flexibility index (Phi) is 7.73. The Morgan fingerprint density at radius 3 is 2.53 bits per heavy atom. The maximum Gasteiger partial charge on any atom is 0.433 e. The number of aromatic nitrogens is 2. The topological polar surface area (TPSA) is 100 Å². The van der Waals surface area contributed by atoms with Gasteiger partial charge in [-0.25, -0.2) is 4.98 Å². The van der Waals surface area contributed by atoms with Crippen molar-refractivity contribution in [2.75, 3.05) is 31.2 Å². The first-order valence-corrected chi connectivity index (χ1v) is 12.3. The molecular formula is C27H28F3N5O3. The lowest BCUT2D eigenvalue weighted by atomic mass is 9.71. The molecule has 11 heteroatoms. The number of allylic oxidation sites excluding steroid dienone is 1. The second-order valence-electron chi connectivity index (χ2n) is 8.95. The van der Waals surface area contributed by atoms with Crippen molar-refractivity contribution in [2.45, 2.75) is 38.6 Å². The summed E-state index contributed by atoms with van der Waals surface area (Å²) in [6, 6.07) is 7.60. The number of nitrogens with one attached hydrogen (secondary N) is 1. The minimum absolute atomic E-state index is 0.203. The van der Waals surface area contributed by atoms with E-state index < -0.39 is 23.0 Å². The fourth-order valence-electron chi connectivity index (χ4n) is 4.91. The quantitative estimate of drug-likeness (QED) is 0.528. The zero-order chi connectivity index (χ0) is 27.4. The average Bonchev–Trinajstić information content (AvgIpc) is 2.93. The van der Waals surface area contributed by atoms with Crippen molar-refractivity contribution in [3.05, 3.63) is 77.5 Å². The number of nitrogens with zero attached hydrogens (tertiary/aromatic N) is 4. The number of carbonyl (C=O) groups excluding carboxylic acids is 1. The highest BCUT2D eigenvalue weighted by atomic mass is 19.4. The normalized spacial score (nSPS) is 20.7. The highest BCUT2D eigenvalue weighted by Crippen LogP contribution is 2.44. The molecule has 2 aromatic heterocycles. The number of carbonyl (C=O) groups is 1. The van der Waals surface area contributed by atoms with Crippen LogP contribution in [0, 0.1) is 16.7 Å². The number of rotatable bonds is 7. The van der Waals surface area contributed by atoms with E-state index in [1.54, 1.807) is 36.5 Å². The number of piperidine rings is 1. The van der Waals surface area contributed by atoms with E-state index in [0.29, 0.717) is 43.8 Å². The molecule has 2 aliphatic heterocycles. The van der Waals surface area contributed by atoms with E-state index in [1.165, 1.54) is 6.07 Å². The molecule has 2 aliphatic rings. The van der Waals surface area contributed by atoms with Crippen molar-refractivity contribution < 1.29 is 27.4 Å². The van der Waals surface area contributed by atoms with Crippen LogP contribution in [0.5, 0.6) is 0 Å². The molecule has 4 heterocycles. The summed E-state index contributed by atoms with van der Waals surface area (Å²) < 4.78 is 50.8. The Bertz CT molecular complexity index is 1260. The van der Waals surface area contributed by atoms with Crippen molar-refractivity contribution >= 4 is 11.7 Å². The lowest BCUT2D eigenvalue weighted by molar-refractivity contribution is -0.154. The van der Waals surface area contributed by atoms with E-state index >= 15 is 0 Å². The van der Waals surface area contributed by atoms with Gasteiger partial charge in [0.2, 0.25) is 0 Å². The second kappa shape index (κ2) is 10.8. The molecule has 1 N–H and O–H groups in total. The molecule has 0 aromatic carbocycles. The Morgan fingerprint density at radius 1 is 1.21 bits per heavy atom. The van der Waals surface area contributed by atoms with Gasteiger partial charge in [0.15, 0.2) is 11.4 Å². The Balaban J connectivity index is 1.61. The van der Waals surface area contributed by atoms with Gasteiger partial charge in [0.25, 0.3) is 0 Å². The van der Waals surface area contributed by atoms with E-state index in [2.05, 4.69) is 15.3 Å². The Morgan fingerprint density at radius 2 is 1.97 bits per heavy atom. The number of nitriles is 1. The molecule has 0 spiro atoms. The highest BCUT2D eigenvalue weighted by Gasteiger charge is 2.47. The Labute approximate surface area is 218 Å². The first kappa shape index (κ1) is 27.1. The molecule has 1 unspecified atom stereocenters. The van der Waals surface area contributed by atoms with Crippen LogP contribution in [-0.2, 0) is 26.2 Å². The molecule has 38 heavy (non-hydrogen) atoms. The number of pyridine rings is 2. The zero-order valence-electron chi connectivity index (χ0n) is 21.1. The second-order valence-corrected chi connectivity index (χ2v) is 8.95. The van der Waals surface area contributed by atoms with Crippen molar-refractivity contribution in [3.8, 4) is 6.07 Å². The van der Waals surface area contributed by atoms with Crippen LogP contribution in [0.15, 0.2) is 60.6 Å². The van der Waals surface area contributed by atoms with Gasteiger partial charge in [-0.15, -0.1) is 0 Å². The lowest BCUT2D eigenvalue weighted by Crippen LogP contribution is -2.49. The zero-order valence-corrected chi connectivity index (χ0v) is 21.1. The summed E-state index contributed by atoms with van der Waals surface area (Å²) in [5.74, 6) is -0.381. The summed E-state index contributed by atoms with van der Waals surface area (Å²) in [4.78, 5) is 22.8. The number of alkyl halides is 3. The predicted molar refractivity (Wildman–Crippen MR) is 132 cm³/mol. The van der Waals surface area contributed by atoms with Gasteiger partial charge in [-0.3, -0.25) is 9.78 Å². The average molecular weight is 528 g/mol. The minimum atomic E-state index is -4.65. The van der Waals surface area contributed by atoms with Gasteiger partial charge in [0.1, 0.15) is 11.8 Å². The van der Waals surface area contributed by atoms with Crippen LogP contribution >= 0.6 is 0 Å². The smallest absolute Gasteiger partial charge is 0.433 e. The maximum absolute atomic E-state index is 13.3. The van der Waals surface area contributed by atoms with E-state index in [4.69, 9.17) is 9.47 Å². The van der Waals surface area contributed by atoms with Crippen molar-refractivity contribution in [2.24, 2.45) is 5.41 Å². The third-order valence-electron chi connectivity index (χ3n) is 6.85. The first-order chi connectivity index (χ1) is 18.2. The molecule has 8 nitrogen and oxygen atoms in total. The molecule has 1 fully saturated rings. The SMILES string of the molecule is CCOC(=O)C1(C2=CNC(OCC)(c3cccnc3)C=C2)CCN(c2ccc(C(F)(F)F)nc2C#N)CC1. The van der Waals surface area contributed by atoms with Crippen LogP contribution in [0.4, 0.5) is 18.9 Å². The van der Waals surface area contributed by atoms with Crippen LogP contribution < -0.4 is 10.2 Å². The summed E-state index contributed by atoms with van der Waals surface area (Å²) in [6.45, 7) is 4.87. The van der Waals surface area contributed by atoms with Crippen LogP contribution in [-0.4, -0.2) is 42.2 Å². The standard InChI is InChI=1S/C27H28F3N5O3/c1-3-37-24(36)25(19-9-10-26(33-18-19,38-4-2)20-6-5-13-32-17-20)11-14-35(15-12-25)22-7-8-23(27(28,29)30)34-21(22)16-31/h5-10,13,17-18,33H,3-4,11-12,14-15H2,1-2H3. The number of halogens is 3. The van der Waals surface area contributed by atoms with Gasteiger partial charge < -0.3 is 19.7 Å². The number of dihydropyridines is 1. The number of ether oxygens (including phenoxy) is 2. The number of anilines is 1. The molecule has 0 aliphatic carbocycles. The third kappa shape index (κ3) is 5.09. The van der Waals surface area contributed by atoms with Crippen LogP contribution in [0.2, 0.25) is 0 Å². The van der Waals surface area contributed by atoms with Crippen molar-refractivity contribution in [1.82, 2.24) is 15.3 Å². The Hall–Kier alpha value is -3.91. The van der Waals surface area contributed by atoms with Gasteiger partial charge >= 0.3 is 12.1 Å². The highest BCUT2D eigenvalue weighted by molar-refractivity contribution is 5.82. The summed E-state index contributed by atoms with van der Waals surface area (Å²) in [7, 11) is 0. The molecule has 0 amide bonds. The van der Waals surface area contributed by atoms with Crippen LogP contribution in [0.1, 0.15) is 43.6 Å². The van der Waals surface area contributed by atoms with Gasteiger partial charge in [-0.2, -0.15) is 18.4 Å². The van der Waals surface area contributed by atoms with E-state index in [9.17, 15) is 23.2 Å². The van der Waals surface area contributed by atoms with Crippen LogP contribution in [0.3, 0.4) is 0 Å². The minimum Gasteiger partial charge on any atom is -0.465 e. The molecule has 200 valence electrons. The van der Waals surface area contributed by atoms with E-state index in [1.807, 2.05) is 31.2 Å². The predicted octanol–water partition coefficient (Wildman–Crippen LogP) is 4.45. The first-order valence-electron chi connectivity index (χ1n) is 12.3. The number of hydrogen-bond donors (Lipinski definition) is 1. The molecule has 4 rings (SSSR count). The van der Waals surface area contributed by atoms with E-state index in [0.717, 1.165) is 11.6 Å². The van der Waals surface area contributed by atoms with Gasteiger partial charge in [-0.05, 0) is 56.5 Å². The fourth-order valence-corrected chi connectivity index (χ4v) is 4.91. The molecule has 1 atom stereocenters. The molecular weight excluding hydrogens is 499 g/mol. The molecule has 0 bridgehead atoms. The fraction of sp³-hybridized carbons (Fsp3) is 0.407. The molecule has 2 aromatic rings. The number of esters is 1. The summed E-state index contributed by atoms with van der Waals surface area (Å²) in [5.41, 5.74) is -1.55. The van der Waals surface area contributed by atoms with Crippen molar-refractivity contribution in [3.63, 3.8) is 0 Å². The molecule has 1 saturated heterocycles. The van der Waals surface area contributed by atoms with Crippen LogP contribution in [0.25, 0.3) is 0 Å². The lowest BCUT2D eigenvalue weighted by Gasteiger charge is -2.43. The largest absolute Gasteiger partial charge is 0.465 e. The maximum atomic E-state index is 13.3. The monoisotopic (exact) mass is 527 g/mol. The van der Waals surface area contributed by atoms with Gasteiger partial charge in [0, 0.05) is 43.9 Å². The van der Waals surface area contributed by atoms with E-state index in [-0.39, 0.29) is 18.3 Å².